The maximum absolute atomic E-state index is 12.4. The Kier molecular flexibility index (Phi) is 6.74. The number of sulfonamides is 1. The molecule has 8 nitrogen and oxygen atoms in total. The number of aromatic nitrogens is 2. The lowest BCUT2D eigenvalue weighted by Gasteiger charge is -2.28. The molecule has 3 heterocycles. The summed E-state index contributed by atoms with van der Waals surface area (Å²) in [5, 5.41) is 4.49. The number of benzene rings is 2. The molecule has 0 unspecified atom stereocenters. The van der Waals surface area contributed by atoms with Crippen molar-refractivity contribution >= 4 is 38.1 Å². The Morgan fingerprint density at radius 2 is 1.77 bits per heavy atom. The Morgan fingerprint density at radius 1 is 1.00 bits per heavy atom. The summed E-state index contributed by atoms with van der Waals surface area (Å²) in [4.78, 5) is 12.3. The number of nitrogens with two attached hydrogens (primary N) is 1. The molecule has 0 spiro atoms. The zero-order valence-corrected chi connectivity index (χ0v) is 23.2. The fourth-order valence-electron chi connectivity index (χ4n) is 5.68. The van der Waals surface area contributed by atoms with E-state index in [9.17, 15) is 8.42 Å². The van der Waals surface area contributed by atoms with Gasteiger partial charge in [0.1, 0.15) is 5.82 Å². The van der Waals surface area contributed by atoms with Gasteiger partial charge in [-0.25, -0.2) is 17.7 Å². The number of hydrogen-bond acceptors (Lipinski definition) is 7. The molecule has 6 rings (SSSR count). The van der Waals surface area contributed by atoms with Crippen molar-refractivity contribution in [3.05, 3.63) is 72.1 Å². The number of rotatable bonds is 6. The summed E-state index contributed by atoms with van der Waals surface area (Å²) in [6.07, 6.45) is 7.32. The van der Waals surface area contributed by atoms with E-state index in [1.54, 1.807) is 30.5 Å². The molecule has 0 radical (unpaired) electrons. The van der Waals surface area contributed by atoms with Gasteiger partial charge in [0, 0.05) is 56.2 Å². The van der Waals surface area contributed by atoms with E-state index >= 15 is 0 Å². The second-order valence-corrected chi connectivity index (χ2v) is 12.8. The third kappa shape index (κ3) is 4.97. The zero-order valence-electron chi connectivity index (χ0n) is 22.4. The van der Waals surface area contributed by atoms with Crippen molar-refractivity contribution in [2.45, 2.75) is 43.0 Å². The Bertz CT molecular complexity index is 1640. The lowest BCUT2D eigenvalue weighted by atomic mass is 9.91. The van der Waals surface area contributed by atoms with Gasteiger partial charge >= 0.3 is 0 Å². The minimum absolute atomic E-state index is 0.210. The quantitative estimate of drug-likeness (QED) is 0.364. The molecule has 3 N–H and O–H groups in total. The highest BCUT2D eigenvalue weighted by Gasteiger charge is 2.27. The molecule has 1 saturated heterocycles. The van der Waals surface area contributed by atoms with Gasteiger partial charge in [0.25, 0.3) is 0 Å². The first-order chi connectivity index (χ1) is 18.8. The number of hydrogen-bond donors (Lipinski definition) is 2. The zero-order chi connectivity index (χ0) is 27.1. The summed E-state index contributed by atoms with van der Waals surface area (Å²) in [7, 11) is -0.421. The Hall–Kier alpha value is -3.53. The minimum Gasteiger partial charge on any atom is -0.369 e. The van der Waals surface area contributed by atoms with Crippen molar-refractivity contribution in [3.63, 3.8) is 0 Å². The van der Waals surface area contributed by atoms with E-state index in [1.807, 2.05) is 12.1 Å². The molecule has 2 aromatic heterocycles. The highest BCUT2D eigenvalue weighted by Crippen LogP contribution is 2.39. The van der Waals surface area contributed by atoms with Crippen molar-refractivity contribution in [1.29, 1.82) is 0 Å². The second-order valence-electron chi connectivity index (χ2n) is 10.7. The average Bonchev–Trinajstić information content (AvgIpc) is 3.37. The second kappa shape index (κ2) is 10.2. The molecule has 39 heavy (non-hydrogen) atoms. The van der Waals surface area contributed by atoms with Crippen LogP contribution in [0.2, 0.25) is 0 Å². The lowest BCUT2D eigenvalue weighted by Crippen LogP contribution is -2.28. The molecule has 1 aliphatic carbocycles. The van der Waals surface area contributed by atoms with Crippen molar-refractivity contribution in [2.24, 2.45) is 5.73 Å². The summed E-state index contributed by atoms with van der Waals surface area (Å²) >= 11 is 0. The molecule has 2 aromatic carbocycles. The molecule has 0 amide bonds. The van der Waals surface area contributed by atoms with Crippen LogP contribution in [-0.2, 0) is 22.9 Å². The molecule has 1 fully saturated rings. The molecule has 0 saturated carbocycles. The van der Waals surface area contributed by atoms with E-state index in [0.717, 1.165) is 54.7 Å². The van der Waals surface area contributed by atoms with Crippen LogP contribution in [0.5, 0.6) is 0 Å². The van der Waals surface area contributed by atoms with E-state index in [0.29, 0.717) is 5.82 Å². The van der Waals surface area contributed by atoms with Crippen LogP contribution >= 0.6 is 0 Å². The summed E-state index contributed by atoms with van der Waals surface area (Å²) in [5.41, 5.74) is 14.2. The Morgan fingerprint density at radius 3 is 2.51 bits per heavy atom. The largest absolute Gasteiger partial charge is 0.369 e. The number of nitrogens with one attached hydrogen (secondary N) is 1. The van der Waals surface area contributed by atoms with E-state index in [1.165, 1.54) is 53.6 Å². The Labute approximate surface area is 229 Å². The van der Waals surface area contributed by atoms with Gasteiger partial charge < -0.3 is 16.0 Å². The standard InChI is InChI=1S/C30H34N6O2S/c1-35(2)39(37,38)24-10-8-23(9-11-24)33-29-18-21(13-15-32-29)20-7-12-28-26(17-20)30(36-16-14-22(31)19-36)25-5-3-4-6-27(25)34-28/h7-13,15,17-18,22H,3-6,14,16,19,31H2,1-2H3,(H,32,33)/t22-/m0/s1. The molecule has 0 bridgehead atoms. The van der Waals surface area contributed by atoms with Gasteiger partial charge in [-0.05, 0) is 97.3 Å². The Balaban J connectivity index is 1.34. The molecule has 1 aliphatic heterocycles. The predicted molar refractivity (Wildman–Crippen MR) is 157 cm³/mol. The van der Waals surface area contributed by atoms with Gasteiger partial charge in [-0.3, -0.25) is 4.98 Å². The van der Waals surface area contributed by atoms with E-state index < -0.39 is 10.0 Å². The highest BCUT2D eigenvalue weighted by molar-refractivity contribution is 7.89. The van der Waals surface area contributed by atoms with E-state index in [-0.39, 0.29) is 10.9 Å². The first kappa shape index (κ1) is 25.7. The summed E-state index contributed by atoms with van der Waals surface area (Å²) in [6.45, 7) is 1.86. The van der Waals surface area contributed by atoms with Crippen LogP contribution < -0.4 is 16.0 Å². The maximum atomic E-state index is 12.4. The van der Waals surface area contributed by atoms with E-state index in [2.05, 4.69) is 33.4 Å². The van der Waals surface area contributed by atoms with Crippen LogP contribution in [0, 0.1) is 0 Å². The first-order valence-corrected chi connectivity index (χ1v) is 15.0. The molecular weight excluding hydrogens is 508 g/mol. The number of pyridine rings is 2. The molecule has 9 heteroatoms. The molecule has 2 aliphatic rings. The smallest absolute Gasteiger partial charge is 0.242 e. The topological polar surface area (TPSA) is 104 Å². The lowest BCUT2D eigenvalue weighted by molar-refractivity contribution is 0.521. The number of anilines is 3. The maximum Gasteiger partial charge on any atom is 0.242 e. The van der Waals surface area contributed by atoms with Crippen LogP contribution in [0.4, 0.5) is 17.2 Å². The van der Waals surface area contributed by atoms with Gasteiger partial charge in [-0.2, -0.15) is 0 Å². The number of fused-ring (bicyclic) bond motifs is 2. The molecular formula is C30H34N6O2S. The van der Waals surface area contributed by atoms with Gasteiger partial charge in [-0.1, -0.05) is 6.07 Å². The number of nitrogens with zero attached hydrogens (tertiary/aromatic N) is 4. The van der Waals surface area contributed by atoms with Crippen LogP contribution in [-0.4, -0.2) is 55.9 Å². The van der Waals surface area contributed by atoms with Gasteiger partial charge in [-0.15, -0.1) is 0 Å². The van der Waals surface area contributed by atoms with Crippen molar-refractivity contribution in [2.75, 3.05) is 37.4 Å². The van der Waals surface area contributed by atoms with Gasteiger partial charge in [0.15, 0.2) is 0 Å². The van der Waals surface area contributed by atoms with Crippen molar-refractivity contribution < 1.29 is 8.42 Å². The van der Waals surface area contributed by atoms with Crippen LogP contribution in [0.15, 0.2) is 65.7 Å². The van der Waals surface area contributed by atoms with Gasteiger partial charge in [0.05, 0.1) is 16.1 Å². The highest BCUT2D eigenvalue weighted by atomic mass is 32.2. The van der Waals surface area contributed by atoms with Crippen molar-refractivity contribution in [1.82, 2.24) is 14.3 Å². The molecule has 4 aromatic rings. The fourth-order valence-corrected chi connectivity index (χ4v) is 6.58. The third-order valence-corrected chi connectivity index (χ3v) is 9.60. The number of aryl methyl sites for hydroxylation is 1. The summed E-state index contributed by atoms with van der Waals surface area (Å²) < 4.78 is 26.0. The summed E-state index contributed by atoms with van der Waals surface area (Å²) in [6, 6.07) is 17.5. The SMILES string of the molecule is CN(C)S(=O)(=O)c1ccc(Nc2cc(-c3ccc4nc5c(c(N6CC[C@H](N)C6)c4c3)CCCC5)ccn2)cc1. The fraction of sp³-hybridized carbons (Fsp3) is 0.333. The average molecular weight is 543 g/mol. The predicted octanol–water partition coefficient (Wildman–Crippen LogP) is 4.71. The van der Waals surface area contributed by atoms with Crippen LogP contribution in [0.25, 0.3) is 22.0 Å². The third-order valence-electron chi connectivity index (χ3n) is 7.77. The summed E-state index contributed by atoms with van der Waals surface area (Å²) in [5.74, 6) is 0.685. The van der Waals surface area contributed by atoms with Gasteiger partial charge in [0.2, 0.25) is 10.0 Å². The van der Waals surface area contributed by atoms with Crippen LogP contribution in [0.3, 0.4) is 0 Å². The molecule has 202 valence electrons. The minimum atomic E-state index is -3.47. The first-order valence-electron chi connectivity index (χ1n) is 13.5. The molecule has 1 atom stereocenters. The monoisotopic (exact) mass is 542 g/mol. The normalized spacial score (nSPS) is 17.5. The van der Waals surface area contributed by atoms with Crippen LogP contribution in [0.1, 0.15) is 30.5 Å². The van der Waals surface area contributed by atoms with Crippen molar-refractivity contribution in [3.8, 4) is 11.1 Å². The van der Waals surface area contributed by atoms with E-state index in [4.69, 9.17) is 10.7 Å².